The molecule has 0 aliphatic rings. The number of unbranched alkanes of at least 4 members (excludes halogenated alkanes) is 29. The van der Waals surface area contributed by atoms with Crippen molar-refractivity contribution in [2.24, 2.45) is 0 Å². The summed E-state index contributed by atoms with van der Waals surface area (Å²) in [6.07, 6.45) is 51.9. The highest BCUT2D eigenvalue weighted by molar-refractivity contribution is 4.84. The van der Waals surface area contributed by atoms with Crippen molar-refractivity contribution in [3.05, 3.63) is 18.2 Å². The molecule has 0 radical (unpaired) electrons. The van der Waals surface area contributed by atoms with E-state index in [1.807, 2.05) is 0 Å². The molecule has 0 saturated heterocycles. The molecule has 0 atom stereocenters. The lowest BCUT2D eigenvalue weighted by molar-refractivity contribution is -0.704. The zero-order valence-electron chi connectivity index (χ0n) is 30.3. The maximum Gasteiger partial charge on any atom is 0.256 e. The number of aryl methyl sites for hydroxylation is 2. The zero-order chi connectivity index (χ0) is 30.9. The van der Waals surface area contributed by atoms with Gasteiger partial charge >= 0.3 is 0 Å². The average Bonchev–Trinajstić information content (AvgIpc) is 3.40. The highest BCUT2D eigenvalue weighted by Gasteiger charge is 2.16. The average molecular weight is 602 g/mol. The number of nitrogens with zero attached hydrogens (tertiary/aromatic N) is 2. The Morgan fingerprint density at radius 3 is 1.12 bits per heavy atom. The van der Waals surface area contributed by atoms with Crippen LogP contribution < -0.4 is 4.57 Å². The van der Waals surface area contributed by atoms with E-state index >= 15 is 0 Å². The summed E-state index contributed by atoms with van der Waals surface area (Å²) in [7, 11) is 0. The largest absolute Gasteiger partial charge is 0.256 e. The van der Waals surface area contributed by atoms with Gasteiger partial charge < -0.3 is 0 Å². The van der Waals surface area contributed by atoms with E-state index in [0.29, 0.717) is 0 Å². The van der Waals surface area contributed by atoms with Crippen LogP contribution >= 0.6 is 0 Å². The molecule has 2 nitrogen and oxygen atoms in total. The van der Waals surface area contributed by atoms with Gasteiger partial charge in [0.05, 0.1) is 13.1 Å². The molecule has 1 aromatic heterocycles. The van der Waals surface area contributed by atoms with Gasteiger partial charge in [0.15, 0.2) is 0 Å². The van der Waals surface area contributed by atoms with E-state index in [1.165, 1.54) is 225 Å². The SMILES string of the molecule is CCCCCCCCCCCCCCCCCCn1cc[n+](CCCCCCCCCCCCCC)c1CCCCCC. The second kappa shape index (κ2) is 32.6. The van der Waals surface area contributed by atoms with Crippen molar-refractivity contribution in [3.8, 4) is 0 Å². The Balaban J connectivity index is 2.13. The summed E-state index contributed by atoms with van der Waals surface area (Å²) in [5.74, 6) is 1.61. The maximum absolute atomic E-state index is 2.62. The molecule has 0 bridgehead atoms. The number of hydrogen-bond acceptors (Lipinski definition) is 0. The first-order valence-electron chi connectivity index (χ1n) is 20.4. The Morgan fingerprint density at radius 1 is 0.395 bits per heavy atom. The van der Waals surface area contributed by atoms with Crippen molar-refractivity contribution >= 4 is 0 Å². The lowest BCUT2D eigenvalue weighted by Gasteiger charge is -2.07. The third-order valence-corrected chi connectivity index (χ3v) is 9.85. The lowest BCUT2D eigenvalue weighted by Crippen LogP contribution is -2.37. The first-order valence-corrected chi connectivity index (χ1v) is 20.4. The number of hydrogen-bond donors (Lipinski definition) is 0. The van der Waals surface area contributed by atoms with Gasteiger partial charge in [0, 0.05) is 6.42 Å². The quantitative estimate of drug-likeness (QED) is 0.0540. The molecule has 2 heteroatoms. The van der Waals surface area contributed by atoms with Gasteiger partial charge in [-0.3, -0.25) is 0 Å². The molecule has 1 heterocycles. The summed E-state index contributed by atoms with van der Waals surface area (Å²) in [6, 6.07) is 0. The van der Waals surface area contributed by atoms with Crippen LogP contribution in [0.15, 0.2) is 12.4 Å². The van der Waals surface area contributed by atoms with Gasteiger partial charge in [-0.1, -0.05) is 194 Å². The van der Waals surface area contributed by atoms with Gasteiger partial charge in [0.2, 0.25) is 0 Å². The van der Waals surface area contributed by atoms with Crippen LogP contribution in [-0.2, 0) is 19.5 Å². The molecule has 254 valence electrons. The molecular weight excluding hydrogens is 520 g/mol. The Labute approximate surface area is 272 Å². The van der Waals surface area contributed by atoms with Crippen molar-refractivity contribution in [1.82, 2.24) is 4.57 Å². The van der Waals surface area contributed by atoms with Crippen LogP contribution in [0.25, 0.3) is 0 Å². The molecule has 0 spiro atoms. The lowest BCUT2D eigenvalue weighted by atomic mass is 10.0. The third kappa shape index (κ3) is 25.1. The summed E-state index contributed by atoms with van der Waals surface area (Å²) in [5, 5.41) is 0. The number of rotatable bonds is 35. The molecule has 0 unspecified atom stereocenters. The third-order valence-electron chi connectivity index (χ3n) is 9.85. The minimum atomic E-state index is 1.23. The van der Waals surface area contributed by atoms with E-state index in [0.717, 1.165) is 0 Å². The van der Waals surface area contributed by atoms with Gasteiger partial charge in [-0.2, -0.15) is 0 Å². The van der Waals surface area contributed by atoms with Crippen LogP contribution in [0.3, 0.4) is 0 Å². The monoisotopic (exact) mass is 602 g/mol. The molecule has 1 rings (SSSR count). The first kappa shape index (κ1) is 40.2. The highest BCUT2D eigenvalue weighted by atomic mass is 15.1. The standard InChI is InChI=1S/C41H81N2/c1-4-7-10-13-15-17-19-21-22-23-24-26-28-30-32-35-38-43-40-39-42(41(43)36-33-12-9-6-3)37-34-31-29-27-25-20-18-16-14-11-8-5-2/h39-40H,4-38H2,1-3H3/q+1. The molecule has 0 amide bonds. The molecule has 0 saturated carbocycles. The maximum atomic E-state index is 2.62. The number of aromatic nitrogens is 2. The summed E-state index contributed by atoms with van der Waals surface area (Å²) in [6.45, 7) is 9.41. The van der Waals surface area contributed by atoms with Gasteiger partial charge in [0.1, 0.15) is 12.4 Å². The summed E-state index contributed by atoms with van der Waals surface area (Å²) < 4.78 is 5.24. The summed E-state index contributed by atoms with van der Waals surface area (Å²) >= 11 is 0. The Morgan fingerprint density at radius 2 is 0.721 bits per heavy atom. The Bertz CT molecular complexity index is 663. The molecule has 0 aliphatic heterocycles. The molecule has 0 aromatic carbocycles. The molecule has 43 heavy (non-hydrogen) atoms. The Kier molecular flexibility index (Phi) is 30.5. The van der Waals surface area contributed by atoms with Crippen molar-refractivity contribution in [1.29, 1.82) is 0 Å². The van der Waals surface area contributed by atoms with Gasteiger partial charge in [0.25, 0.3) is 5.82 Å². The van der Waals surface area contributed by atoms with E-state index in [-0.39, 0.29) is 0 Å². The van der Waals surface area contributed by atoms with Crippen LogP contribution in [0.1, 0.15) is 232 Å². The zero-order valence-corrected chi connectivity index (χ0v) is 30.3. The topological polar surface area (TPSA) is 8.81 Å². The van der Waals surface area contributed by atoms with Gasteiger partial charge in [-0.15, -0.1) is 0 Å². The summed E-state index contributed by atoms with van der Waals surface area (Å²) in [4.78, 5) is 0. The fourth-order valence-electron chi connectivity index (χ4n) is 6.86. The van der Waals surface area contributed by atoms with Crippen LogP contribution in [-0.4, -0.2) is 4.57 Å². The van der Waals surface area contributed by atoms with Crippen molar-refractivity contribution < 1.29 is 4.57 Å². The molecule has 1 aromatic rings. The molecule has 0 aliphatic carbocycles. The second-order valence-electron chi connectivity index (χ2n) is 14.1. The normalized spacial score (nSPS) is 11.6. The molecular formula is C41H81N2+. The number of imidazole rings is 1. The minimum Gasteiger partial charge on any atom is -0.234 e. The fraction of sp³-hybridized carbons (Fsp3) is 0.927. The van der Waals surface area contributed by atoms with E-state index in [1.54, 1.807) is 5.82 Å². The van der Waals surface area contributed by atoms with E-state index in [9.17, 15) is 0 Å². The van der Waals surface area contributed by atoms with Crippen LogP contribution in [0.2, 0.25) is 0 Å². The molecule has 0 N–H and O–H groups in total. The van der Waals surface area contributed by atoms with E-state index < -0.39 is 0 Å². The molecule has 0 fully saturated rings. The predicted molar refractivity (Wildman–Crippen MR) is 193 cm³/mol. The van der Waals surface area contributed by atoms with Crippen LogP contribution in [0.4, 0.5) is 0 Å². The van der Waals surface area contributed by atoms with E-state index in [4.69, 9.17) is 0 Å². The predicted octanol–water partition coefficient (Wildman–Crippen LogP) is 13.9. The summed E-state index contributed by atoms with van der Waals surface area (Å²) in [5.41, 5.74) is 0. The highest BCUT2D eigenvalue weighted by Crippen LogP contribution is 2.15. The second-order valence-corrected chi connectivity index (χ2v) is 14.1. The minimum absolute atomic E-state index is 1.23. The van der Waals surface area contributed by atoms with Gasteiger partial charge in [-0.05, 0) is 32.1 Å². The first-order chi connectivity index (χ1) is 21.3. The fourth-order valence-corrected chi connectivity index (χ4v) is 6.86. The van der Waals surface area contributed by atoms with Crippen molar-refractivity contribution in [2.75, 3.05) is 0 Å². The van der Waals surface area contributed by atoms with E-state index in [2.05, 4.69) is 42.3 Å². The van der Waals surface area contributed by atoms with Crippen LogP contribution in [0.5, 0.6) is 0 Å². The smallest absolute Gasteiger partial charge is 0.234 e. The van der Waals surface area contributed by atoms with Crippen molar-refractivity contribution in [2.45, 2.75) is 246 Å². The van der Waals surface area contributed by atoms with Crippen molar-refractivity contribution in [3.63, 3.8) is 0 Å². The van der Waals surface area contributed by atoms with Crippen LogP contribution in [0, 0.1) is 0 Å². The van der Waals surface area contributed by atoms with Gasteiger partial charge in [-0.25, -0.2) is 9.13 Å². The Hall–Kier alpha value is -0.790.